The van der Waals surface area contributed by atoms with Gasteiger partial charge in [0.1, 0.15) is 6.04 Å². The number of thioether (sulfide) groups is 1. The number of rotatable bonds is 8. The molecule has 0 spiro atoms. The van der Waals surface area contributed by atoms with Gasteiger partial charge in [0.15, 0.2) is 0 Å². The fourth-order valence-corrected chi connectivity index (χ4v) is 3.08. The minimum atomic E-state index is -0.912. The molecule has 1 atom stereocenters. The van der Waals surface area contributed by atoms with Crippen molar-refractivity contribution < 1.29 is 9.90 Å². The van der Waals surface area contributed by atoms with Crippen molar-refractivity contribution in [2.75, 3.05) is 11.5 Å². The number of hydrogen-bond donors (Lipinski definition) is 2. The molecule has 0 radical (unpaired) electrons. The van der Waals surface area contributed by atoms with Crippen LogP contribution in [0.3, 0.4) is 0 Å². The lowest BCUT2D eigenvalue weighted by atomic mass is 9.82. The van der Waals surface area contributed by atoms with Gasteiger partial charge in [0.2, 0.25) is 0 Å². The Kier molecular flexibility index (Phi) is 6.38. The Morgan fingerprint density at radius 3 is 2.53 bits per heavy atom. The monoisotopic (exact) mass is 281 g/mol. The van der Waals surface area contributed by atoms with Crippen LogP contribution in [0.2, 0.25) is 0 Å². The zero-order chi connectivity index (χ0) is 14.3. The van der Waals surface area contributed by atoms with Crippen LogP contribution in [0.4, 0.5) is 0 Å². The van der Waals surface area contributed by atoms with Gasteiger partial charge in [-0.05, 0) is 35.3 Å². The lowest BCUT2D eigenvalue weighted by Gasteiger charge is -2.25. The topological polar surface area (TPSA) is 63.3 Å². The minimum Gasteiger partial charge on any atom is -0.480 e. The van der Waals surface area contributed by atoms with Gasteiger partial charge in [-0.2, -0.15) is 11.8 Å². The van der Waals surface area contributed by atoms with Crippen molar-refractivity contribution in [2.24, 2.45) is 5.73 Å². The van der Waals surface area contributed by atoms with E-state index in [1.807, 2.05) is 6.07 Å². The minimum absolute atomic E-state index is 0.156. The summed E-state index contributed by atoms with van der Waals surface area (Å²) in [5, 5.41) is 8.68. The number of benzene rings is 1. The second kappa shape index (κ2) is 7.56. The summed E-state index contributed by atoms with van der Waals surface area (Å²) in [5.74, 6) is 0.914. The third-order valence-electron chi connectivity index (χ3n) is 3.32. The Morgan fingerprint density at radius 1 is 1.32 bits per heavy atom. The van der Waals surface area contributed by atoms with Crippen molar-refractivity contribution in [3.63, 3.8) is 0 Å². The Hall–Kier alpha value is -1.00. The second-order valence-corrected chi connectivity index (χ2v) is 6.57. The number of nitrogens with two attached hydrogens (primary N) is 1. The quantitative estimate of drug-likeness (QED) is 0.719. The van der Waals surface area contributed by atoms with E-state index in [0.29, 0.717) is 6.42 Å². The van der Waals surface area contributed by atoms with Crippen molar-refractivity contribution in [3.8, 4) is 0 Å². The molecule has 3 nitrogen and oxygen atoms in total. The first-order valence-corrected chi connectivity index (χ1v) is 7.70. The van der Waals surface area contributed by atoms with Gasteiger partial charge in [0.05, 0.1) is 0 Å². The second-order valence-electron chi connectivity index (χ2n) is 5.35. The maximum Gasteiger partial charge on any atom is 0.320 e. The Morgan fingerprint density at radius 2 is 1.95 bits per heavy atom. The highest BCUT2D eigenvalue weighted by molar-refractivity contribution is 7.99. The smallest absolute Gasteiger partial charge is 0.320 e. The number of carboxylic acid groups (broad SMARTS) is 1. The van der Waals surface area contributed by atoms with E-state index in [1.54, 1.807) is 11.8 Å². The third kappa shape index (κ3) is 5.66. The van der Waals surface area contributed by atoms with Crippen LogP contribution >= 0.6 is 11.8 Å². The van der Waals surface area contributed by atoms with E-state index >= 15 is 0 Å². The zero-order valence-corrected chi connectivity index (χ0v) is 12.5. The first-order valence-electron chi connectivity index (χ1n) is 6.55. The number of carbonyl (C=O) groups is 1. The van der Waals surface area contributed by atoms with Crippen molar-refractivity contribution in [1.82, 2.24) is 0 Å². The van der Waals surface area contributed by atoms with E-state index < -0.39 is 12.0 Å². The highest BCUT2D eigenvalue weighted by atomic mass is 32.2. The van der Waals surface area contributed by atoms with E-state index in [9.17, 15) is 4.79 Å². The Bertz CT molecular complexity index is 392. The highest BCUT2D eigenvalue weighted by Gasteiger charge is 2.19. The predicted molar refractivity (Wildman–Crippen MR) is 81.6 cm³/mol. The molecule has 0 fully saturated rings. The Balaban J connectivity index is 2.27. The molecule has 106 valence electrons. The molecule has 1 unspecified atom stereocenters. The lowest BCUT2D eigenvalue weighted by Crippen LogP contribution is -2.30. The Labute approximate surface area is 119 Å². The van der Waals surface area contributed by atoms with Crippen molar-refractivity contribution in [2.45, 2.75) is 38.1 Å². The molecule has 0 aliphatic rings. The van der Waals surface area contributed by atoms with Crippen LogP contribution in [0, 0.1) is 0 Å². The van der Waals surface area contributed by atoms with Gasteiger partial charge in [-0.15, -0.1) is 0 Å². The van der Waals surface area contributed by atoms with Gasteiger partial charge in [-0.3, -0.25) is 4.79 Å². The van der Waals surface area contributed by atoms with Gasteiger partial charge in [-0.25, -0.2) is 0 Å². The summed E-state index contributed by atoms with van der Waals surface area (Å²) in [7, 11) is 0. The summed E-state index contributed by atoms with van der Waals surface area (Å²) < 4.78 is 0. The molecule has 0 aliphatic carbocycles. The van der Waals surface area contributed by atoms with E-state index in [0.717, 1.165) is 17.9 Å². The standard InChI is InChI=1S/C15H23NO2S/c1-15(2,12-6-4-3-5-7-12)9-11-19-10-8-13(16)14(17)18/h3-7,13H,8-11,16H2,1-2H3,(H,17,18). The fraction of sp³-hybridized carbons (Fsp3) is 0.533. The van der Waals surface area contributed by atoms with Gasteiger partial charge >= 0.3 is 5.97 Å². The van der Waals surface area contributed by atoms with E-state index in [-0.39, 0.29) is 5.41 Å². The number of aliphatic carboxylic acids is 1. The van der Waals surface area contributed by atoms with Crippen molar-refractivity contribution in [1.29, 1.82) is 0 Å². The van der Waals surface area contributed by atoms with Crippen LogP contribution in [-0.4, -0.2) is 28.6 Å². The molecule has 0 saturated heterocycles. The average molecular weight is 281 g/mol. The molecular formula is C15H23NO2S. The number of carboxylic acids is 1. The van der Waals surface area contributed by atoms with Gasteiger partial charge in [0, 0.05) is 0 Å². The van der Waals surface area contributed by atoms with Gasteiger partial charge < -0.3 is 10.8 Å². The maximum atomic E-state index is 10.6. The normalized spacial score (nSPS) is 13.2. The van der Waals surface area contributed by atoms with Crippen LogP contribution in [-0.2, 0) is 10.2 Å². The van der Waals surface area contributed by atoms with E-state index in [2.05, 4.69) is 38.1 Å². The molecule has 19 heavy (non-hydrogen) atoms. The SMILES string of the molecule is CC(C)(CCSCCC(N)C(=O)O)c1ccccc1. The molecule has 1 rings (SSSR count). The van der Waals surface area contributed by atoms with Crippen molar-refractivity contribution in [3.05, 3.63) is 35.9 Å². The van der Waals surface area contributed by atoms with Gasteiger partial charge in [-0.1, -0.05) is 44.2 Å². The molecule has 4 heteroatoms. The summed E-state index contributed by atoms with van der Waals surface area (Å²) in [6.07, 6.45) is 1.61. The summed E-state index contributed by atoms with van der Waals surface area (Å²) >= 11 is 1.78. The summed E-state index contributed by atoms with van der Waals surface area (Å²) in [5.41, 5.74) is 6.96. The van der Waals surface area contributed by atoms with E-state index in [1.165, 1.54) is 5.56 Å². The molecule has 3 N–H and O–H groups in total. The van der Waals surface area contributed by atoms with E-state index in [4.69, 9.17) is 10.8 Å². The van der Waals surface area contributed by atoms with Gasteiger partial charge in [0.25, 0.3) is 0 Å². The van der Waals surface area contributed by atoms with Crippen LogP contribution in [0.1, 0.15) is 32.3 Å². The predicted octanol–water partition coefficient (Wildman–Crippen LogP) is 2.89. The zero-order valence-electron chi connectivity index (χ0n) is 11.6. The molecule has 0 saturated carbocycles. The van der Waals surface area contributed by atoms with Crippen LogP contribution in [0.5, 0.6) is 0 Å². The van der Waals surface area contributed by atoms with Crippen molar-refractivity contribution >= 4 is 17.7 Å². The van der Waals surface area contributed by atoms with Crippen LogP contribution in [0.15, 0.2) is 30.3 Å². The fourth-order valence-electron chi connectivity index (χ4n) is 1.80. The molecule has 0 heterocycles. The molecule has 1 aromatic carbocycles. The molecule has 0 aromatic heterocycles. The molecular weight excluding hydrogens is 258 g/mol. The number of hydrogen-bond acceptors (Lipinski definition) is 3. The summed E-state index contributed by atoms with van der Waals surface area (Å²) in [6, 6.07) is 9.75. The van der Waals surface area contributed by atoms with Crippen LogP contribution < -0.4 is 5.73 Å². The molecule has 1 aromatic rings. The third-order valence-corrected chi connectivity index (χ3v) is 4.33. The summed E-state index contributed by atoms with van der Waals surface area (Å²) in [4.78, 5) is 10.6. The molecule has 0 aliphatic heterocycles. The average Bonchev–Trinajstić information content (AvgIpc) is 2.39. The lowest BCUT2D eigenvalue weighted by molar-refractivity contribution is -0.138. The first-order chi connectivity index (χ1) is 8.93. The maximum absolute atomic E-state index is 10.6. The first kappa shape index (κ1) is 16.1. The van der Waals surface area contributed by atoms with Crippen LogP contribution in [0.25, 0.3) is 0 Å². The molecule has 0 bridgehead atoms. The molecule has 0 amide bonds. The highest BCUT2D eigenvalue weighted by Crippen LogP contribution is 2.28. The largest absolute Gasteiger partial charge is 0.480 e. The summed E-state index contributed by atoms with van der Waals surface area (Å²) in [6.45, 7) is 4.48.